The largest absolute Gasteiger partial charge is 0.467 e. The van der Waals surface area contributed by atoms with Crippen LogP contribution in [0.25, 0.3) is 0 Å². The Bertz CT molecular complexity index is 652. The molecule has 22 heavy (non-hydrogen) atoms. The van der Waals surface area contributed by atoms with Crippen molar-refractivity contribution in [1.29, 1.82) is 0 Å². The second kappa shape index (κ2) is 6.31. The van der Waals surface area contributed by atoms with E-state index in [0.717, 1.165) is 30.2 Å². The molecule has 0 N–H and O–H groups in total. The van der Waals surface area contributed by atoms with Crippen LogP contribution in [0.2, 0.25) is 0 Å². The highest BCUT2D eigenvalue weighted by Crippen LogP contribution is 2.19. The van der Waals surface area contributed by atoms with Crippen LogP contribution in [0.4, 0.5) is 5.82 Å². The molecule has 116 valence electrons. The number of aromatic nitrogens is 2. The van der Waals surface area contributed by atoms with E-state index in [4.69, 9.17) is 4.74 Å². The topological polar surface area (TPSA) is 58.6 Å². The number of rotatable bonds is 3. The van der Waals surface area contributed by atoms with Crippen LogP contribution < -0.4 is 9.64 Å². The Labute approximate surface area is 133 Å². The molecule has 0 aliphatic carbocycles. The molecule has 2 aromatic heterocycles. The highest BCUT2D eigenvalue weighted by Gasteiger charge is 2.23. The summed E-state index contributed by atoms with van der Waals surface area (Å²) in [4.78, 5) is 25.0. The van der Waals surface area contributed by atoms with Gasteiger partial charge in [0.2, 0.25) is 0 Å². The monoisotopic (exact) mass is 318 g/mol. The Morgan fingerprint density at radius 2 is 2.05 bits per heavy atom. The van der Waals surface area contributed by atoms with Crippen molar-refractivity contribution in [3.05, 3.63) is 34.2 Å². The maximum absolute atomic E-state index is 12.3. The number of aryl methyl sites for hydroxylation is 1. The molecule has 0 spiro atoms. The van der Waals surface area contributed by atoms with E-state index >= 15 is 0 Å². The van der Waals surface area contributed by atoms with Gasteiger partial charge in [0.15, 0.2) is 0 Å². The average molecular weight is 318 g/mol. The zero-order chi connectivity index (χ0) is 15.5. The van der Waals surface area contributed by atoms with Crippen molar-refractivity contribution in [2.24, 2.45) is 0 Å². The molecule has 0 unspecified atom stereocenters. The maximum Gasteiger partial charge on any atom is 0.318 e. The summed E-state index contributed by atoms with van der Waals surface area (Å²) < 4.78 is 5.12. The van der Waals surface area contributed by atoms with E-state index in [1.807, 2.05) is 34.7 Å². The second-order valence-electron chi connectivity index (χ2n) is 5.15. The Morgan fingerprint density at radius 1 is 1.27 bits per heavy atom. The van der Waals surface area contributed by atoms with Crippen LogP contribution in [-0.2, 0) is 0 Å². The fourth-order valence-electron chi connectivity index (χ4n) is 2.49. The molecule has 0 saturated carbocycles. The van der Waals surface area contributed by atoms with Crippen LogP contribution in [0.5, 0.6) is 6.01 Å². The number of amides is 1. The molecule has 3 rings (SSSR count). The van der Waals surface area contributed by atoms with Gasteiger partial charge in [-0.2, -0.15) is 16.3 Å². The zero-order valence-electron chi connectivity index (χ0n) is 12.7. The summed E-state index contributed by atoms with van der Waals surface area (Å²) in [5.74, 6) is 0.962. The van der Waals surface area contributed by atoms with E-state index in [1.54, 1.807) is 18.4 Å². The molecule has 1 aliphatic heterocycles. The number of hydrogen-bond acceptors (Lipinski definition) is 6. The van der Waals surface area contributed by atoms with Crippen LogP contribution >= 0.6 is 11.3 Å². The van der Waals surface area contributed by atoms with E-state index in [-0.39, 0.29) is 5.91 Å². The molecule has 6 nitrogen and oxygen atoms in total. The third kappa shape index (κ3) is 3.04. The molecule has 0 bridgehead atoms. The number of carbonyl (C=O) groups is 1. The first-order chi connectivity index (χ1) is 10.7. The highest BCUT2D eigenvalue weighted by molar-refractivity contribution is 7.08. The number of thiophene rings is 1. The summed E-state index contributed by atoms with van der Waals surface area (Å²) >= 11 is 1.55. The number of carbonyl (C=O) groups excluding carboxylic acids is 1. The fourth-order valence-corrected chi connectivity index (χ4v) is 3.12. The Hall–Kier alpha value is -2.15. The van der Waals surface area contributed by atoms with E-state index in [0.29, 0.717) is 19.1 Å². The van der Waals surface area contributed by atoms with Crippen molar-refractivity contribution < 1.29 is 9.53 Å². The molecular weight excluding hydrogens is 300 g/mol. The minimum absolute atomic E-state index is 0.109. The molecule has 3 heterocycles. The first-order valence-corrected chi connectivity index (χ1v) is 8.08. The lowest BCUT2D eigenvalue weighted by Crippen LogP contribution is -2.49. The van der Waals surface area contributed by atoms with Crippen molar-refractivity contribution >= 4 is 23.1 Å². The van der Waals surface area contributed by atoms with Gasteiger partial charge in [-0.1, -0.05) is 0 Å². The van der Waals surface area contributed by atoms with Crippen molar-refractivity contribution in [2.75, 3.05) is 38.2 Å². The molecule has 1 aliphatic rings. The molecular formula is C15H18N4O2S. The smallest absolute Gasteiger partial charge is 0.318 e. The van der Waals surface area contributed by atoms with Crippen molar-refractivity contribution in [3.63, 3.8) is 0 Å². The highest BCUT2D eigenvalue weighted by atomic mass is 32.1. The van der Waals surface area contributed by atoms with Gasteiger partial charge in [-0.15, -0.1) is 0 Å². The van der Waals surface area contributed by atoms with Crippen LogP contribution in [0.15, 0.2) is 22.9 Å². The minimum atomic E-state index is 0.109. The number of hydrogen-bond donors (Lipinski definition) is 0. The zero-order valence-corrected chi connectivity index (χ0v) is 13.5. The van der Waals surface area contributed by atoms with Crippen molar-refractivity contribution in [3.8, 4) is 6.01 Å². The number of methoxy groups -OCH3 is 1. The van der Waals surface area contributed by atoms with E-state index in [2.05, 4.69) is 14.9 Å². The number of piperazine rings is 1. The Morgan fingerprint density at radius 3 is 2.68 bits per heavy atom. The molecule has 1 saturated heterocycles. The SMILES string of the molecule is COc1nc(C)cc(N2CCN(C(=O)c3ccsc3)CC2)n1. The average Bonchev–Trinajstić information content (AvgIpc) is 3.08. The summed E-state index contributed by atoms with van der Waals surface area (Å²) in [6, 6.07) is 4.20. The lowest BCUT2D eigenvalue weighted by atomic mass is 10.2. The van der Waals surface area contributed by atoms with Crippen molar-refractivity contribution in [1.82, 2.24) is 14.9 Å². The molecule has 0 atom stereocenters. The molecule has 0 aromatic carbocycles. The van der Waals surface area contributed by atoms with Crippen LogP contribution in [0.1, 0.15) is 16.1 Å². The first-order valence-electron chi connectivity index (χ1n) is 7.13. The predicted octanol–water partition coefficient (Wildman–Crippen LogP) is 1.82. The molecule has 7 heteroatoms. The predicted molar refractivity (Wildman–Crippen MR) is 85.8 cm³/mol. The lowest BCUT2D eigenvalue weighted by Gasteiger charge is -2.35. The minimum Gasteiger partial charge on any atom is -0.467 e. The van der Waals surface area contributed by atoms with Gasteiger partial charge < -0.3 is 14.5 Å². The number of anilines is 1. The van der Waals surface area contributed by atoms with E-state index in [1.165, 1.54) is 0 Å². The number of ether oxygens (including phenoxy) is 1. The molecule has 1 amide bonds. The third-order valence-electron chi connectivity index (χ3n) is 3.66. The second-order valence-corrected chi connectivity index (χ2v) is 5.93. The first kappa shape index (κ1) is 14.8. The van der Waals surface area contributed by atoms with Crippen LogP contribution in [-0.4, -0.2) is 54.1 Å². The van der Waals surface area contributed by atoms with Crippen LogP contribution in [0.3, 0.4) is 0 Å². The maximum atomic E-state index is 12.3. The summed E-state index contributed by atoms with van der Waals surface area (Å²) in [6.07, 6.45) is 0. The van der Waals surface area contributed by atoms with E-state index in [9.17, 15) is 4.79 Å². The fraction of sp³-hybridized carbons (Fsp3) is 0.400. The molecule has 2 aromatic rings. The van der Waals surface area contributed by atoms with Gasteiger partial charge in [-0.05, 0) is 18.4 Å². The molecule has 0 radical (unpaired) electrons. The quantitative estimate of drug-likeness (QED) is 0.864. The van der Waals surface area contributed by atoms with E-state index < -0.39 is 0 Å². The summed E-state index contributed by atoms with van der Waals surface area (Å²) in [7, 11) is 1.57. The van der Waals surface area contributed by atoms with Gasteiger partial charge in [0, 0.05) is 43.3 Å². The number of nitrogens with zero attached hydrogens (tertiary/aromatic N) is 4. The molecule has 1 fully saturated rings. The van der Waals surface area contributed by atoms with Gasteiger partial charge >= 0.3 is 6.01 Å². The van der Waals surface area contributed by atoms with Gasteiger partial charge in [0.05, 0.1) is 12.7 Å². The van der Waals surface area contributed by atoms with Crippen molar-refractivity contribution in [2.45, 2.75) is 6.92 Å². The van der Waals surface area contributed by atoms with Gasteiger partial charge in [0.25, 0.3) is 5.91 Å². The van der Waals surface area contributed by atoms with Gasteiger partial charge in [-0.3, -0.25) is 4.79 Å². The third-order valence-corrected chi connectivity index (χ3v) is 4.34. The van der Waals surface area contributed by atoms with Gasteiger partial charge in [0.1, 0.15) is 5.82 Å². The Kier molecular flexibility index (Phi) is 4.24. The normalized spacial score (nSPS) is 15.0. The van der Waals surface area contributed by atoms with Crippen LogP contribution in [0, 0.1) is 6.92 Å². The summed E-state index contributed by atoms with van der Waals surface area (Å²) in [5, 5.41) is 3.83. The van der Waals surface area contributed by atoms with Gasteiger partial charge in [-0.25, -0.2) is 4.98 Å². The summed E-state index contributed by atoms with van der Waals surface area (Å²) in [5.41, 5.74) is 1.65. The lowest BCUT2D eigenvalue weighted by molar-refractivity contribution is 0.0747. The summed E-state index contributed by atoms with van der Waals surface area (Å²) in [6.45, 7) is 4.83. The standard InChI is InChI=1S/C15H18N4O2S/c1-11-9-13(17-15(16-11)21-2)18-4-6-19(7-5-18)14(20)12-3-8-22-10-12/h3,8-10H,4-7H2,1-2H3. The Balaban J connectivity index is 1.67.